The Bertz CT molecular complexity index is 1140. The number of carbonyl (C=O) groups excluding carboxylic acids is 3. The lowest BCUT2D eigenvalue weighted by molar-refractivity contribution is -0.155. The lowest BCUT2D eigenvalue weighted by Crippen LogP contribution is -2.38. The third-order valence-electron chi connectivity index (χ3n) is 4.86. The Kier molecular flexibility index (Phi) is 5.10. The zero-order chi connectivity index (χ0) is 22.2. The summed E-state index contributed by atoms with van der Waals surface area (Å²) in [5.74, 6) is -1.84. The summed E-state index contributed by atoms with van der Waals surface area (Å²) in [5, 5.41) is 1.97. The third kappa shape index (κ3) is 3.94. The Morgan fingerprint density at radius 3 is 2.32 bits per heavy atom. The van der Waals surface area contributed by atoms with Gasteiger partial charge in [-0.05, 0) is 35.9 Å². The maximum atomic E-state index is 13.5. The van der Waals surface area contributed by atoms with Crippen molar-refractivity contribution in [3.8, 4) is 0 Å². The molecule has 0 saturated heterocycles. The normalized spacial score (nSPS) is 14.5. The van der Waals surface area contributed by atoms with Gasteiger partial charge in [-0.3, -0.25) is 19.3 Å². The SMILES string of the molecule is O=C(NC(c1ccccc1)C(F)(F)F)c1ccc2c(c1)C(=O)N(Cc1ccco1)C2=O. The first-order chi connectivity index (χ1) is 14.8. The number of rotatable bonds is 5. The van der Waals surface area contributed by atoms with Gasteiger partial charge in [0.1, 0.15) is 5.76 Å². The van der Waals surface area contributed by atoms with Crippen molar-refractivity contribution in [1.82, 2.24) is 10.2 Å². The van der Waals surface area contributed by atoms with E-state index in [9.17, 15) is 27.6 Å². The van der Waals surface area contributed by atoms with Crippen molar-refractivity contribution in [3.63, 3.8) is 0 Å². The van der Waals surface area contributed by atoms with Crippen LogP contribution in [0.3, 0.4) is 0 Å². The summed E-state index contributed by atoms with van der Waals surface area (Å²) in [6.45, 7) is -0.0922. The molecule has 0 fully saturated rings. The van der Waals surface area contributed by atoms with Crippen LogP contribution in [0.4, 0.5) is 13.2 Å². The minimum atomic E-state index is -4.72. The second-order valence-corrected chi connectivity index (χ2v) is 6.89. The molecule has 2 heterocycles. The van der Waals surface area contributed by atoms with Gasteiger partial charge in [-0.25, -0.2) is 0 Å². The van der Waals surface area contributed by atoms with E-state index in [1.165, 1.54) is 42.7 Å². The summed E-state index contributed by atoms with van der Waals surface area (Å²) in [6, 6.07) is 11.6. The van der Waals surface area contributed by atoms with E-state index < -0.39 is 29.9 Å². The van der Waals surface area contributed by atoms with Crippen LogP contribution in [0.25, 0.3) is 0 Å². The minimum Gasteiger partial charge on any atom is -0.467 e. The first kappa shape index (κ1) is 20.4. The van der Waals surface area contributed by atoms with Crippen LogP contribution in [0.2, 0.25) is 0 Å². The smallest absolute Gasteiger partial charge is 0.412 e. The maximum absolute atomic E-state index is 13.5. The highest BCUT2D eigenvalue weighted by molar-refractivity contribution is 6.22. The summed E-state index contributed by atoms with van der Waals surface area (Å²) >= 11 is 0. The van der Waals surface area contributed by atoms with E-state index in [1.807, 2.05) is 5.32 Å². The van der Waals surface area contributed by atoms with E-state index in [2.05, 4.69) is 0 Å². The number of hydrogen-bond donors (Lipinski definition) is 1. The first-order valence-corrected chi connectivity index (χ1v) is 9.21. The van der Waals surface area contributed by atoms with Crippen LogP contribution in [0.15, 0.2) is 71.3 Å². The Balaban J connectivity index is 1.58. The second kappa shape index (κ2) is 7.75. The number of nitrogens with zero attached hydrogens (tertiary/aromatic N) is 1. The van der Waals surface area contributed by atoms with Gasteiger partial charge >= 0.3 is 6.18 Å². The molecule has 1 N–H and O–H groups in total. The number of alkyl halides is 3. The van der Waals surface area contributed by atoms with Crippen LogP contribution in [0.5, 0.6) is 0 Å². The Morgan fingerprint density at radius 2 is 1.68 bits per heavy atom. The van der Waals surface area contributed by atoms with Crippen molar-refractivity contribution in [2.45, 2.75) is 18.8 Å². The molecule has 6 nitrogen and oxygen atoms in total. The predicted molar refractivity (Wildman–Crippen MR) is 102 cm³/mol. The average Bonchev–Trinajstić information content (AvgIpc) is 3.34. The summed E-state index contributed by atoms with van der Waals surface area (Å²) in [4.78, 5) is 38.7. The maximum Gasteiger partial charge on any atom is 0.412 e. The molecule has 2 aromatic carbocycles. The highest BCUT2D eigenvalue weighted by Gasteiger charge is 2.42. The monoisotopic (exact) mass is 428 g/mol. The van der Waals surface area contributed by atoms with E-state index in [0.717, 1.165) is 11.0 Å². The van der Waals surface area contributed by atoms with Crippen LogP contribution >= 0.6 is 0 Å². The van der Waals surface area contributed by atoms with E-state index in [4.69, 9.17) is 4.42 Å². The molecule has 31 heavy (non-hydrogen) atoms. The standard InChI is InChI=1S/C22H15F3N2O4/c23-22(24,25)18(13-5-2-1-3-6-13)26-19(28)14-8-9-16-17(11-14)21(30)27(20(16)29)12-15-7-4-10-31-15/h1-11,18H,12H2,(H,26,28). The van der Waals surface area contributed by atoms with E-state index in [-0.39, 0.29) is 28.8 Å². The number of benzene rings is 2. The molecule has 1 unspecified atom stereocenters. The third-order valence-corrected chi connectivity index (χ3v) is 4.86. The molecule has 158 valence electrons. The fourth-order valence-electron chi connectivity index (χ4n) is 3.35. The van der Waals surface area contributed by atoms with Crippen molar-refractivity contribution >= 4 is 17.7 Å². The number of halogens is 3. The predicted octanol–water partition coefficient (Wildman–Crippen LogP) is 4.11. The molecule has 3 aromatic rings. The number of furan rings is 1. The van der Waals surface area contributed by atoms with Crippen LogP contribution in [-0.2, 0) is 6.54 Å². The molecule has 3 amide bonds. The molecule has 1 aromatic heterocycles. The van der Waals surface area contributed by atoms with Gasteiger partial charge in [0.05, 0.1) is 23.9 Å². The summed E-state index contributed by atoms with van der Waals surface area (Å²) in [7, 11) is 0. The Morgan fingerprint density at radius 1 is 0.968 bits per heavy atom. The lowest BCUT2D eigenvalue weighted by Gasteiger charge is -2.22. The van der Waals surface area contributed by atoms with Gasteiger partial charge in [-0.15, -0.1) is 0 Å². The van der Waals surface area contributed by atoms with Crippen molar-refractivity contribution in [2.75, 3.05) is 0 Å². The number of hydrogen-bond acceptors (Lipinski definition) is 4. The Labute approximate surface area is 174 Å². The van der Waals surface area contributed by atoms with Crippen molar-refractivity contribution in [3.05, 3.63) is 94.9 Å². The van der Waals surface area contributed by atoms with Gasteiger partial charge < -0.3 is 9.73 Å². The summed E-state index contributed by atoms with van der Waals surface area (Å²) in [5.41, 5.74) is -0.263. The van der Waals surface area contributed by atoms with E-state index >= 15 is 0 Å². The number of nitrogens with one attached hydrogen (secondary N) is 1. The van der Waals surface area contributed by atoms with Crippen molar-refractivity contribution in [2.24, 2.45) is 0 Å². The fourth-order valence-corrected chi connectivity index (χ4v) is 3.35. The van der Waals surface area contributed by atoms with Gasteiger partial charge in [0.25, 0.3) is 17.7 Å². The average molecular weight is 428 g/mol. The molecule has 0 bridgehead atoms. The molecule has 0 radical (unpaired) electrons. The molecular weight excluding hydrogens is 413 g/mol. The van der Waals surface area contributed by atoms with Gasteiger partial charge in [-0.1, -0.05) is 30.3 Å². The van der Waals surface area contributed by atoms with Gasteiger partial charge in [0.2, 0.25) is 0 Å². The quantitative estimate of drug-likeness (QED) is 0.621. The zero-order valence-electron chi connectivity index (χ0n) is 15.8. The van der Waals surface area contributed by atoms with Crippen LogP contribution in [0, 0.1) is 0 Å². The highest BCUT2D eigenvalue weighted by Crippen LogP contribution is 2.33. The molecule has 4 rings (SSSR count). The molecule has 0 spiro atoms. The van der Waals surface area contributed by atoms with Crippen molar-refractivity contribution in [1.29, 1.82) is 0 Å². The Hall–Kier alpha value is -3.88. The summed E-state index contributed by atoms with van der Waals surface area (Å²) < 4.78 is 45.7. The molecule has 0 aliphatic carbocycles. The zero-order valence-corrected chi connectivity index (χ0v) is 15.8. The van der Waals surface area contributed by atoms with Gasteiger partial charge in [0, 0.05) is 5.56 Å². The number of imide groups is 1. The molecule has 9 heteroatoms. The molecule has 1 aliphatic heterocycles. The fraction of sp³-hybridized carbons (Fsp3) is 0.136. The largest absolute Gasteiger partial charge is 0.467 e. The van der Waals surface area contributed by atoms with E-state index in [1.54, 1.807) is 18.2 Å². The topological polar surface area (TPSA) is 79.6 Å². The van der Waals surface area contributed by atoms with Crippen LogP contribution in [-0.4, -0.2) is 28.8 Å². The molecule has 1 aliphatic rings. The minimum absolute atomic E-state index is 0.0486. The van der Waals surface area contributed by atoms with Crippen molar-refractivity contribution < 1.29 is 32.0 Å². The number of amides is 3. The highest BCUT2D eigenvalue weighted by atomic mass is 19.4. The van der Waals surface area contributed by atoms with E-state index in [0.29, 0.717) is 5.76 Å². The lowest BCUT2D eigenvalue weighted by atomic mass is 10.0. The number of carbonyl (C=O) groups is 3. The van der Waals surface area contributed by atoms with Gasteiger partial charge in [-0.2, -0.15) is 13.2 Å². The summed E-state index contributed by atoms with van der Waals surface area (Å²) in [6.07, 6.45) is -3.32. The molecular formula is C22H15F3N2O4. The molecule has 1 atom stereocenters. The van der Waals surface area contributed by atoms with Crippen LogP contribution < -0.4 is 5.32 Å². The first-order valence-electron chi connectivity index (χ1n) is 9.21. The second-order valence-electron chi connectivity index (χ2n) is 6.89. The van der Waals surface area contributed by atoms with Gasteiger partial charge in [0.15, 0.2) is 6.04 Å². The van der Waals surface area contributed by atoms with Crippen LogP contribution in [0.1, 0.15) is 48.4 Å². The number of fused-ring (bicyclic) bond motifs is 1. The molecule has 0 saturated carbocycles.